The fourth-order valence-corrected chi connectivity index (χ4v) is 2.66. The van der Waals surface area contributed by atoms with E-state index in [0.29, 0.717) is 24.3 Å². The molecule has 3 atom stereocenters. The van der Waals surface area contributed by atoms with E-state index in [2.05, 4.69) is 30.8 Å². The molecule has 3 N–H and O–H groups in total. The van der Waals surface area contributed by atoms with E-state index < -0.39 is 0 Å². The molecule has 0 aliphatic carbocycles. The zero-order valence-electron chi connectivity index (χ0n) is 10.7. The second-order valence-corrected chi connectivity index (χ2v) is 4.96. The van der Waals surface area contributed by atoms with Crippen LogP contribution in [0.4, 0.5) is 0 Å². The zero-order valence-corrected chi connectivity index (χ0v) is 10.7. The van der Waals surface area contributed by atoms with Crippen LogP contribution in [-0.4, -0.2) is 34.6 Å². The van der Waals surface area contributed by atoms with Gasteiger partial charge in [0, 0.05) is 18.5 Å². The van der Waals surface area contributed by atoms with Crippen molar-refractivity contribution in [2.24, 2.45) is 16.8 Å². The highest BCUT2D eigenvalue weighted by Crippen LogP contribution is 2.26. The van der Waals surface area contributed by atoms with Gasteiger partial charge in [0.2, 0.25) is 0 Å². The second kappa shape index (κ2) is 6.09. The van der Waals surface area contributed by atoms with Gasteiger partial charge in [-0.15, -0.1) is 0 Å². The third kappa shape index (κ3) is 3.11. The summed E-state index contributed by atoms with van der Waals surface area (Å²) < 4.78 is 0. The fourth-order valence-electron chi connectivity index (χ4n) is 2.66. The standard InChI is InChI=1S/C12H25N3O/c1-4-11(8-12(13)14-16)15-7-5-6-9(2)10(15)3/h9-11,16H,4-8H2,1-3H3,(H2,13,14). The molecule has 1 fully saturated rings. The van der Waals surface area contributed by atoms with E-state index in [1.807, 2.05) is 0 Å². The lowest BCUT2D eigenvalue weighted by Crippen LogP contribution is -2.49. The highest BCUT2D eigenvalue weighted by atomic mass is 16.4. The van der Waals surface area contributed by atoms with Crippen LogP contribution in [0.1, 0.15) is 46.5 Å². The smallest absolute Gasteiger partial charge is 0.140 e. The molecule has 1 rings (SSSR count). The third-order valence-corrected chi connectivity index (χ3v) is 3.94. The first-order valence-corrected chi connectivity index (χ1v) is 6.32. The lowest BCUT2D eigenvalue weighted by molar-refractivity contribution is 0.0685. The molecule has 1 aliphatic rings. The molecule has 0 aromatic carbocycles. The van der Waals surface area contributed by atoms with Crippen molar-refractivity contribution in [1.82, 2.24) is 4.90 Å². The SMILES string of the molecule is CCC(CC(N)=NO)N1CCCC(C)C1C. The lowest BCUT2D eigenvalue weighted by Gasteiger charge is -2.42. The van der Waals surface area contributed by atoms with Crippen LogP contribution >= 0.6 is 0 Å². The number of hydrogen-bond acceptors (Lipinski definition) is 3. The Hall–Kier alpha value is -0.770. The molecule has 4 heteroatoms. The predicted molar refractivity (Wildman–Crippen MR) is 66.7 cm³/mol. The Bertz CT molecular complexity index is 242. The molecule has 1 saturated heterocycles. The molecule has 0 aromatic heterocycles. The Labute approximate surface area is 98.5 Å². The maximum Gasteiger partial charge on any atom is 0.140 e. The third-order valence-electron chi connectivity index (χ3n) is 3.94. The van der Waals surface area contributed by atoms with E-state index in [1.54, 1.807) is 0 Å². The van der Waals surface area contributed by atoms with Crippen LogP contribution in [0.2, 0.25) is 0 Å². The number of piperidine rings is 1. The molecule has 0 saturated carbocycles. The number of rotatable bonds is 4. The van der Waals surface area contributed by atoms with E-state index in [0.717, 1.165) is 18.9 Å². The summed E-state index contributed by atoms with van der Waals surface area (Å²) >= 11 is 0. The maximum atomic E-state index is 8.64. The largest absolute Gasteiger partial charge is 0.409 e. The van der Waals surface area contributed by atoms with Crippen molar-refractivity contribution in [1.29, 1.82) is 0 Å². The molecular weight excluding hydrogens is 202 g/mol. The van der Waals surface area contributed by atoms with Gasteiger partial charge in [-0.3, -0.25) is 4.90 Å². The highest BCUT2D eigenvalue weighted by Gasteiger charge is 2.29. The summed E-state index contributed by atoms with van der Waals surface area (Å²) in [4.78, 5) is 2.52. The van der Waals surface area contributed by atoms with Gasteiger partial charge in [0.25, 0.3) is 0 Å². The topological polar surface area (TPSA) is 61.9 Å². The van der Waals surface area contributed by atoms with Crippen molar-refractivity contribution in [3.63, 3.8) is 0 Å². The minimum absolute atomic E-state index is 0.345. The lowest BCUT2D eigenvalue weighted by atomic mass is 9.89. The van der Waals surface area contributed by atoms with Gasteiger partial charge >= 0.3 is 0 Å². The van der Waals surface area contributed by atoms with Crippen molar-refractivity contribution in [3.8, 4) is 0 Å². The van der Waals surface area contributed by atoms with Gasteiger partial charge in [-0.05, 0) is 38.6 Å². The Balaban J connectivity index is 2.64. The number of likely N-dealkylation sites (tertiary alicyclic amines) is 1. The monoisotopic (exact) mass is 227 g/mol. The predicted octanol–water partition coefficient (Wildman–Crippen LogP) is 2.02. The molecule has 3 unspecified atom stereocenters. The van der Waals surface area contributed by atoms with Crippen molar-refractivity contribution in [2.45, 2.75) is 58.5 Å². The van der Waals surface area contributed by atoms with Gasteiger partial charge in [0.15, 0.2) is 0 Å². The van der Waals surface area contributed by atoms with Gasteiger partial charge in [-0.2, -0.15) is 0 Å². The van der Waals surface area contributed by atoms with Crippen molar-refractivity contribution in [2.75, 3.05) is 6.54 Å². The first-order chi connectivity index (χ1) is 7.60. The van der Waals surface area contributed by atoms with Crippen LogP contribution in [0.3, 0.4) is 0 Å². The zero-order chi connectivity index (χ0) is 12.1. The number of amidine groups is 1. The average Bonchev–Trinajstić information content (AvgIpc) is 2.29. The minimum atomic E-state index is 0.345. The van der Waals surface area contributed by atoms with E-state index in [1.165, 1.54) is 12.8 Å². The minimum Gasteiger partial charge on any atom is -0.409 e. The molecule has 94 valence electrons. The molecule has 0 bridgehead atoms. The molecule has 16 heavy (non-hydrogen) atoms. The Morgan fingerprint density at radius 3 is 2.81 bits per heavy atom. The van der Waals surface area contributed by atoms with Crippen LogP contribution in [0.25, 0.3) is 0 Å². The van der Waals surface area contributed by atoms with Crippen molar-refractivity contribution in [3.05, 3.63) is 0 Å². The Kier molecular flexibility index (Phi) is 5.06. The molecule has 0 spiro atoms. The van der Waals surface area contributed by atoms with E-state index in [4.69, 9.17) is 10.9 Å². The quantitative estimate of drug-likeness (QED) is 0.334. The molecule has 0 radical (unpaired) electrons. The summed E-state index contributed by atoms with van der Waals surface area (Å²) in [5.41, 5.74) is 5.61. The van der Waals surface area contributed by atoms with Crippen LogP contribution < -0.4 is 5.73 Å². The van der Waals surface area contributed by atoms with Crippen molar-refractivity contribution < 1.29 is 5.21 Å². The second-order valence-electron chi connectivity index (χ2n) is 4.96. The van der Waals surface area contributed by atoms with Gasteiger partial charge in [0.1, 0.15) is 5.84 Å². The first kappa shape index (κ1) is 13.3. The van der Waals surface area contributed by atoms with Crippen LogP contribution in [0.15, 0.2) is 5.16 Å². The summed E-state index contributed by atoms with van der Waals surface area (Å²) in [6, 6.07) is 1.01. The van der Waals surface area contributed by atoms with Gasteiger partial charge in [-0.1, -0.05) is 19.0 Å². The molecule has 4 nitrogen and oxygen atoms in total. The summed E-state index contributed by atoms with van der Waals surface area (Å²) in [6.07, 6.45) is 4.30. The van der Waals surface area contributed by atoms with Gasteiger partial charge in [0.05, 0.1) is 0 Å². The van der Waals surface area contributed by atoms with Gasteiger partial charge in [-0.25, -0.2) is 0 Å². The molecule has 1 heterocycles. The molecular formula is C12H25N3O. The normalized spacial score (nSPS) is 30.3. The molecule has 0 amide bonds. The number of hydrogen-bond donors (Lipinski definition) is 2. The van der Waals surface area contributed by atoms with Crippen LogP contribution in [0.5, 0.6) is 0 Å². The highest BCUT2D eigenvalue weighted by molar-refractivity contribution is 5.80. The number of nitrogens with zero attached hydrogens (tertiary/aromatic N) is 2. The Morgan fingerprint density at radius 2 is 2.25 bits per heavy atom. The molecule has 0 aromatic rings. The fraction of sp³-hybridized carbons (Fsp3) is 0.917. The summed E-state index contributed by atoms with van der Waals surface area (Å²) in [7, 11) is 0. The van der Waals surface area contributed by atoms with E-state index in [9.17, 15) is 0 Å². The Morgan fingerprint density at radius 1 is 1.56 bits per heavy atom. The van der Waals surface area contributed by atoms with E-state index in [-0.39, 0.29) is 0 Å². The number of nitrogens with two attached hydrogens (primary N) is 1. The summed E-state index contributed by atoms with van der Waals surface area (Å²) in [5, 5.41) is 11.7. The number of oxime groups is 1. The maximum absolute atomic E-state index is 8.64. The average molecular weight is 227 g/mol. The van der Waals surface area contributed by atoms with Crippen molar-refractivity contribution >= 4 is 5.84 Å². The van der Waals surface area contributed by atoms with Gasteiger partial charge < -0.3 is 10.9 Å². The first-order valence-electron chi connectivity index (χ1n) is 6.32. The summed E-state index contributed by atoms with van der Waals surface area (Å²) in [6.45, 7) is 7.91. The van der Waals surface area contributed by atoms with Crippen LogP contribution in [0, 0.1) is 5.92 Å². The van der Waals surface area contributed by atoms with Crippen LogP contribution in [-0.2, 0) is 0 Å². The summed E-state index contributed by atoms with van der Waals surface area (Å²) in [5.74, 6) is 1.09. The van der Waals surface area contributed by atoms with E-state index >= 15 is 0 Å². The molecule has 1 aliphatic heterocycles.